The highest BCUT2D eigenvalue weighted by atomic mass is 32.1. The molecule has 0 spiro atoms. The number of hydrogen-bond acceptors (Lipinski definition) is 5. The SMILES string of the molecule is Cc1nc(-c2ccc(F)cc2)sc1C(=O)Nc1cccnc1N1CCCCC1. The van der Waals surface area contributed by atoms with Crippen molar-refractivity contribution in [2.24, 2.45) is 0 Å². The number of hydrogen-bond donors (Lipinski definition) is 1. The first-order valence-electron chi connectivity index (χ1n) is 9.36. The highest BCUT2D eigenvalue weighted by Crippen LogP contribution is 2.30. The molecule has 0 aliphatic carbocycles. The van der Waals surface area contributed by atoms with Gasteiger partial charge in [-0.2, -0.15) is 0 Å². The monoisotopic (exact) mass is 396 g/mol. The van der Waals surface area contributed by atoms with Crippen molar-refractivity contribution < 1.29 is 9.18 Å². The van der Waals surface area contributed by atoms with Crippen molar-refractivity contribution in [1.82, 2.24) is 9.97 Å². The van der Waals surface area contributed by atoms with Gasteiger partial charge in [0.25, 0.3) is 5.91 Å². The third kappa shape index (κ3) is 3.89. The highest BCUT2D eigenvalue weighted by molar-refractivity contribution is 7.17. The van der Waals surface area contributed by atoms with Gasteiger partial charge in [-0.1, -0.05) is 0 Å². The van der Waals surface area contributed by atoms with Crippen LogP contribution in [0.2, 0.25) is 0 Å². The van der Waals surface area contributed by atoms with Crippen LogP contribution in [0.4, 0.5) is 15.9 Å². The molecule has 144 valence electrons. The number of nitrogens with one attached hydrogen (secondary N) is 1. The van der Waals surface area contributed by atoms with E-state index < -0.39 is 0 Å². The molecule has 1 aliphatic rings. The summed E-state index contributed by atoms with van der Waals surface area (Å²) in [4.78, 5) is 24.7. The van der Waals surface area contributed by atoms with Crippen LogP contribution in [-0.2, 0) is 0 Å². The van der Waals surface area contributed by atoms with Crippen LogP contribution in [0.5, 0.6) is 0 Å². The van der Waals surface area contributed by atoms with Crippen LogP contribution >= 0.6 is 11.3 Å². The third-order valence-corrected chi connectivity index (χ3v) is 5.99. The number of anilines is 2. The van der Waals surface area contributed by atoms with Crippen LogP contribution < -0.4 is 10.2 Å². The van der Waals surface area contributed by atoms with E-state index in [0.29, 0.717) is 21.3 Å². The van der Waals surface area contributed by atoms with Gasteiger partial charge in [-0.05, 0) is 62.6 Å². The Kier molecular flexibility index (Phi) is 5.34. The van der Waals surface area contributed by atoms with E-state index in [2.05, 4.69) is 20.2 Å². The van der Waals surface area contributed by atoms with Gasteiger partial charge in [0, 0.05) is 24.8 Å². The van der Waals surface area contributed by atoms with Crippen LogP contribution in [0, 0.1) is 12.7 Å². The summed E-state index contributed by atoms with van der Waals surface area (Å²) in [6, 6.07) is 9.84. The van der Waals surface area contributed by atoms with Crippen molar-refractivity contribution in [2.45, 2.75) is 26.2 Å². The van der Waals surface area contributed by atoms with Gasteiger partial charge in [0.2, 0.25) is 0 Å². The van der Waals surface area contributed by atoms with Crippen molar-refractivity contribution in [1.29, 1.82) is 0 Å². The van der Waals surface area contributed by atoms with Crippen molar-refractivity contribution in [3.63, 3.8) is 0 Å². The summed E-state index contributed by atoms with van der Waals surface area (Å²) in [5.74, 6) is 0.322. The minimum absolute atomic E-state index is 0.199. The van der Waals surface area contributed by atoms with Crippen LogP contribution in [0.25, 0.3) is 10.6 Å². The fourth-order valence-corrected chi connectivity index (χ4v) is 4.32. The molecule has 1 N–H and O–H groups in total. The van der Waals surface area contributed by atoms with Crippen molar-refractivity contribution >= 4 is 28.7 Å². The smallest absolute Gasteiger partial charge is 0.267 e. The molecule has 1 saturated heterocycles. The Hall–Kier alpha value is -2.80. The maximum Gasteiger partial charge on any atom is 0.267 e. The lowest BCUT2D eigenvalue weighted by atomic mass is 10.1. The van der Waals surface area contributed by atoms with E-state index in [0.717, 1.165) is 37.3 Å². The molecule has 0 radical (unpaired) electrons. The number of carbonyl (C=O) groups is 1. The number of pyridine rings is 1. The Labute approximate surface area is 167 Å². The zero-order valence-electron chi connectivity index (χ0n) is 15.6. The molecule has 28 heavy (non-hydrogen) atoms. The molecule has 2 aromatic heterocycles. The Morgan fingerprint density at radius 1 is 1.14 bits per heavy atom. The first-order chi connectivity index (χ1) is 13.6. The molecule has 1 aliphatic heterocycles. The summed E-state index contributed by atoms with van der Waals surface area (Å²) in [5.41, 5.74) is 2.17. The molecule has 1 aromatic carbocycles. The number of piperidine rings is 1. The number of thiazole rings is 1. The third-order valence-electron chi connectivity index (χ3n) is 4.78. The molecule has 1 amide bonds. The van der Waals surface area contributed by atoms with Crippen molar-refractivity contribution in [3.05, 3.63) is 59.0 Å². The maximum atomic E-state index is 13.2. The van der Waals surface area contributed by atoms with Gasteiger partial charge < -0.3 is 10.2 Å². The number of amides is 1. The first-order valence-corrected chi connectivity index (χ1v) is 10.2. The van der Waals surface area contributed by atoms with Gasteiger partial charge in [-0.3, -0.25) is 4.79 Å². The molecular formula is C21H21FN4OS. The second-order valence-electron chi connectivity index (χ2n) is 6.82. The second kappa shape index (κ2) is 8.06. The van der Waals surface area contributed by atoms with E-state index in [1.54, 1.807) is 18.3 Å². The Morgan fingerprint density at radius 2 is 1.89 bits per heavy atom. The van der Waals surface area contributed by atoms with Gasteiger partial charge in [-0.25, -0.2) is 14.4 Å². The number of benzene rings is 1. The number of aromatic nitrogens is 2. The van der Waals surface area contributed by atoms with E-state index in [1.165, 1.54) is 29.9 Å². The summed E-state index contributed by atoms with van der Waals surface area (Å²) >= 11 is 1.31. The average Bonchev–Trinajstić information content (AvgIpc) is 3.11. The standard InChI is InChI=1S/C21H21FN4OS/c1-14-18(28-21(24-14)15-7-9-16(22)10-8-15)20(27)25-17-6-5-11-23-19(17)26-12-3-2-4-13-26/h5-11H,2-4,12-13H2,1H3,(H,25,27). The Morgan fingerprint density at radius 3 is 2.64 bits per heavy atom. The van der Waals surface area contributed by atoms with Crippen LogP contribution in [0.3, 0.4) is 0 Å². The molecule has 0 atom stereocenters. The number of carbonyl (C=O) groups excluding carboxylic acids is 1. The van der Waals surface area contributed by atoms with Crippen molar-refractivity contribution in [3.8, 4) is 10.6 Å². The van der Waals surface area contributed by atoms with Gasteiger partial charge in [0.1, 0.15) is 15.7 Å². The molecule has 3 aromatic rings. The van der Waals surface area contributed by atoms with E-state index in [-0.39, 0.29) is 11.7 Å². The predicted molar refractivity (Wildman–Crippen MR) is 110 cm³/mol. The lowest BCUT2D eigenvalue weighted by Gasteiger charge is -2.29. The predicted octanol–water partition coefficient (Wildman–Crippen LogP) is 4.90. The summed E-state index contributed by atoms with van der Waals surface area (Å²) in [7, 11) is 0. The quantitative estimate of drug-likeness (QED) is 0.682. The van der Waals surface area contributed by atoms with E-state index >= 15 is 0 Å². The van der Waals surface area contributed by atoms with Crippen LogP contribution in [0.1, 0.15) is 34.6 Å². The number of halogens is 1. The minimum atomic E-state index is -0.295. The molecule has 0 saturated carbocycles. The van der Waals surface area contributed by atoms with Gasteiger partial charge in [0.15, 0.2) is 5.82 Å². The van der Waals surface area contributed by atoms with Crippen molar-refractivity contribution in [2.75, 3.05) is 23.3 Å². The van der Waals surface area contributed by atoms with E-state index in [9.17, 15) is 9.18 Å². The summed E-state index contributed by atoms with van der Waals surface area (Å²) < 4.78 is 13.2. The zero-order chi connectivity index (χ0) is 19.5. The number of rotatable bonds is 4. The molecule has 0 bridgehead atoms. The normalized spacial score (nSPS) is 14.1. The molecular weight excluding hydrogens is 375 g/mol. The summed E-state index contributed by atoms with van der Waals surface area (Å²) in [5, 5.41) is 3.71. The fourth-order valence-electron chi connectivity index (χ4n) is 3.35. The zero-order valence-corrected chi connectivity index (χ0v) is 16.4. The number of aryl methyl sites for hydroxylation is 1. The molecule has 3 heterocycles. The summed E-state index contributed by atoms with van der Waals surface area (Å²) in [6.45, 7) is 3.72. The van der Waals surface area contributed by atoms with Crippen LogP contribution in [-0.4, -0.2) is 29.0 Å². The molecule has 0 unspecified atom stereocenters. The molecule has 1 fully saturated rings. The van der Waals surface area contributed by atoms with Crippen LogP contribution in [0.15, 0.2) is 42.6 Å². The minimum Gasteiger partial charge on any atom is -0.355 e. The maximum absolute atomic E-state index is 13.2. The molecule has 7 heteroatoms. The molecule has 4 rings (SSSR count). The fraction of sp³-hybridized carbons (Fsp3) is 0.286. The van der Waals surface area contributed by atoms with Gasteiger partial charge >= 0.3 is 0 Å². The topological polar surface area (TPSA) is 58.1 Å². The van der Waals surface area contributed by atoms with E-state index in [4.69, 9.17) is 0 Å². The largest absolute Gasteiger partial charge is 0.355 e. The van der Waals surface area contributed by atoms with Gasteiger partial charge in [0.05, 0.1) is 11.4 Å². The molecule has 5 nitrogen and oxygen atoms in total. The Balaban J connectivity index is 1.57. The highest BCUT2D eigenvalue weighted by Gasteiger charge is 2.20. The lowest BCUT2D eigenvalue weighted by molar-refractivity contribution is 0.103. The Bertz CT molecular complexity index is 980. The number of nitrogens with zero attached hydrogens (tertiary/aromatic N) is 3. The van der Waals surface area contributed by atoms with E-state index in [1.807, 2.05) is 19.1 Å². The average molecular weight is 396 g/mol. The second-order valence-corrected chi connectivity index (χ2v) is 7.82. The van der Waals surface area contributed by atoms with Gasteiger partial charge in [-0.15, -0.1) is 11.3 Å². The first kappa shape index (κ1) is 18.6. The summed E-state index contributed by atoms with van der Waals surface area (Å²) in [6.07, 6.45) is 5.26. The lowest BCUT2D eigenvalue weighted by Crippen LogP contribution is -2.31.